The Morgan fingerprint density at radius 2 is 1.83 bits per heavy atom. The second-order valence-electron chi connectivity index (χ2n) is 1.22. The molecule has 0 amide bonds. The summed E-state index contributed by atoms with van der Waals surface area (Å²) < 4.78 is 3.19. The Morgan fingerprint density at radius 1 is 1.17 bits per heavy atom. The molecule has 0 aromatic carbocycles. The maximum atomic E-state index is 2.13. The van der Waals surface area contributed by atoms with Crippen LogP contribution < -0.4 is 0 Å². The van der Waals surface area contributed by atoms with Crippen molar-refractivity contribution in [2.45, 2.75) is 8.94 Å². The summed E-state index contributed by atoms with van der Waals surface area (Å²) in [4.78, 5) is 0. The summed E-state index contributed by atoms with van der Waals surface area (Å²) in [6, 6.07) is 0. The molecule has 0 atom stereocenters. The molecule has 0 aromatic heterocycles. The Kier molecular flexibility index (Phi) is 2.80. The van der Waals surface area contributed by atoms with Gasteiger partial charge in [-0.05, 0) is 0 Å². The molecule has 0 aliphatic carbocycles. The van der Waals surface area contributed by atoms with Gasteiger partial charge in [0.25, 0.3) is 0 Å². The quantitative estimate of drug-likeness (QED) is 0.549. The second-order valence-corrected chi connectivity index (χ2v) is 5.95. The third-order valence-electron chi connectivity index (χ3n) is 0.744. The molecule has 0 radical (unpaired) electrons. The molecule has 1 saturated heterocycles. The Balaban J connectivity index is 2.00. The molecule has 0 saturated carbocycles. The Morgan fingerprint density at radius 3 is 2.00 bits per heavy atom. The van der Waals surface area contributed by atoms with E-state index in [-0.39, 0.29) is 0 Å². The first-order valence-corrected chi connectivity index (χ1v) is 6.61. The minimum atomic E-state index is 0.551. The molecule has 1 aliphatic heterocycles. The summed E-state index contributed by atoms with van der Waals surface area (Å²) in [7, 11) is 0. The van der Waals surface area contributed by atoms with Crippen LogP contribution in [0.5, 0.6) is 0 Å². The SMILES string of the molecule is C1C[Te]CCS1. The number of rotatable bonds is 0. The van der Waals surface area contributed by atoms with Crippen LogP contribution in [0.15, 0.2) is 0 Å². The first-order valence-electron chi connectivity index (χ1n) is 2.15. The summed E-state index contributed by atoms with van der Waals surface area (Å²) in [6.45, 7) is 0. The van der Waals surface area contributed by atoms with Crippen LogP contribution in [0, 0.1) is 0 Å². The van der Waals surface area contributed by atoms with Crippen LogP contribution in [0.25, 0.3) is 0 Å². The first-order chi connectivity index (χ1) is 3.00. The monoisotopic (exact) mass is 218 g/mol. The Hall–Kier alpha value is 1.14. The predicted octanol–water partition coefficient (Wildman–Crippen LogP) is 1.27. The van der Waals surface area contributed by atoms with E-state index in [0.29, 0.717) is 20.9 Å². The van der Waals surface area contributed by atoms with Gasteiger partial charge in [-0.2, -0.15) is 0 Å². The topological polar surface area (TPSA) is 0 Å². The van der Waals surface area contributed by atoms with Crippen molar-refractivity contribution in [2.75, 3.05) is 11.5 Å². The molecule has 0 spiro atoms. The molecule has 0 N–H and O–H groups in total. The second kappa shape index (κ2) is 3.18. The standard InChI is InChI=1S/C4H8STe/c1-3-6-4-2-5-1/h1-4H2. The Bertz CT molecular complexity index is 23.0. The van der Waals surface area contributed by atoms with Crippen LogP contribution in [0.1, 0.15) is 0 Å². The van der Waals surface area contributed by atoms with Gasteiger partial charge in [0.2, 0.25) is 0 Å². The first kappa shape index (κ1) is 5.28. The van der Waals surface area contributed by atoms with Gasteiger partial charge < -0.3 is 0 Å². The van der Waals surface area contributed by atoms with E-state index < -0.39 is 0 Å². The molecular formula is C4H8STe. The van der Waals surface area contributed by atoms with E-state index in [2.05, 4.69) is 11.8 Å². The molecule has 1 aliphatic rings. The minimum absolute atomic E-state index is 0.551. The fraction of sp³-hybridized carbons (Fsp3) is 1.00. The third kappa shape index (κ3) is 1.73. The summed E-state index contributed by atoms with van der Waals surface area (Å²) in [5.74, 6) is 2.95. The third-order valence-corrected chi connectivity index (χ3v) is 6.16. The van der Waals surface area contributed by atoms with Gasteiger partial charge in [-0.25, -0.2) is 0 Å². The van der Waals surface area contributed by atoms with Gasteiger partial charge in [0.05, 0.1) is 0 Å². The van der Waals surface area contributed by atoms with Gasteiger partial charge >= 0.3 is 53.1 Å². The van der Waals surface area contributed by atoms with Gasteiger partial charge in [0, 0.05) is 0 Å². The van der Waals surface area contributed by atoms with Crippen molar-refractivity contribution in [2.24, 2.45) is 0 Å². The van der Waals surface area contributed by atoms with Crippen molar-refractivity contribution in [1.29, 1.82) is 0 Å². The van der Waals surface area contributed by atoms with Crippen molar-refractivity contribution in [3.05, 3.63) is 0 Å². The average Bonchev–Trinajstić information content (AvgIpc) is 1.72. The van der Waals surface area contributed by atoms with E-state index in [9.17, 15) is 0 Å². The zero-order valence-electron chi connectivity index (χ0n) is 3.64. The zero-order chi connectivity index (χ0) is 4.24. The van der Waals surface area contributed by atoms with Gasteiger partial charge in [-0.1, -0.05) is 0 Å². The van der Waals surface area contributed by atoms with Crippen molar-refractivity contribution in [1.82, 2.24) is 0 Å². The van der Waals surface area contributed by atoms with E-state index in [1.54, 1.807) is 8.94 Å². The van der Waals surface area contributed by atoms with Crippen LogP contribution in [0.3, 0.4) is 0 Å². The van der Waals surface area contributed by atoms with E-state index >= 15 is 0 Å². The molecule has 2 heteroatoms. The molecule has 1 fully saturated rings. The summed E-state index contributed by atoms with van der Waals surface area (Å²) >= 11 is 2.68. The van der Waals surface area contributed by atoms with E-state index in [0.717, 1.165) is 0 Å². The molecule has 36 valence electrons. The van der Waals surface area contributed by atoms with Gasteiger partial charge in [-0.3, -0.25) is 0 Å². The fourth-order valence-electron chi connectivity index (χ4n) is 0.440. The van der Waals surface area contributed by atoms with Crippen LogP contribution in [-0.4, -0.2) is 32.4 Å². The van der Waals surface area contributed by atoms with Crippen molar-refractivity contribution in [3.8, 4) is 0 Å². The molecule has 1 rings (SSSR count). The summed E-state index contributed by atoms with van der Waals surface area (Å²) in [5, 5.41) is 0. The fourth-order valence-corrected chi connectivity index (χ4v) is 5.73. The molecule has 1 heterocycles. The molecule has 0 aromatic rings. The van der Waals surface area contributed by atoms with E-state index in [4.69, 9.17) is 0 Å². The number of hydrogen-bond donors (Lipinski definition) is 0. The van der Waals surface area contributed by atoms with E-state index in [1.165, 1.54) is 11.5 Å². The van der Waals surface area contributed by atoms with Crippen LogP contribution >= 0.6 is 11.8 Å². The van der Waals surface area contributed by atoms with Crippen molar-refractivity contribution >= 4 is 32.7 Å². The number of hydrogen-bond acceptors (Lipinski definition) is 1. The summed E-state index contributed by atoms with van der Waals surface area (Å²) in [5.41, 5.74) is 0. The molecular weight excluding hydrogens is 208 g/mol. The zero-order valence-corrected chi connectivity index (χ0v) is 6.79. The normalized spacial score (nSPS) is 24.0. The van der Waals surface area contributed by atoms with Crippen LogP contribution in [0.4, 0.5) is 0 Å². The van der Waals surface area contributed by atoms with E-state index in [1.807, 2.05) is 0 Å². The van der Waals surface area contributed by atoms with Gasteiger partial charge in [0.15, 0.2) is 0 Å². The molecule has 6 heavy (non-hydrogen) atoms. The van der Waals surface area contributed by atoms with Crippen LogP contribution in [-0.2, 0) is 0 Å². The average molecular weight is 216 g/mol. The predicted molar refractivity (Wildman–Crippen MR) is 32.7 cm³/mol. The molecule has 0 unspecified atom stereocenters. The summed E-state index contributed by atoms with van der Waals surface area (Å²) in [6.07, 6.45) is 0. The van der Waals surface area contributed by atoms with Gasteiger partial charge in [0.1, 0.15) is 0 Å². The number of thioether (sulfide) groups is 1. The molecule has 0 bridgehead atoms. The Labute approximate surface area is 53.2 Å². The van der Waals surface area contributed by atoms with Crippen molar-refractivity contribution < 1.29 is 0 Å². The maximum absolute atomic E-state index is 2.13. The van der Waals surface area contributed by atoms with Crippen molar-refractivity contribution in [3.63, 3.8) is 0 Å². The molecule has 0 nitrogen and oxygen atoms in total. The van der Waals surface area contributed by atoms with Crippen LogP contribution in [0.2, 0.25) is 8.94 Å². The van der Waals surface area contributed by atoms with Gasteiger partial charge in [-0.15, -0.1) is 0 Å².